The monoisotopic (exact) mass is 399 g/mol. The Morgan fingerprint density at radius 1 is 0.852 bits per heavy atom. The highest BCUT2D eigenvalue weighted by atomic mass is 35.5. The van der Waals surface area contributed by atoms with Crippen LogP contribution in [0.2, 0.25) is 10.0 Å². The molecule has 0 spiro atoms. The Morgan fingerprint density at radius 2 is 1.44 bits per heavy atom. The minimum atomic E-state index is 0.0122. The van der Waals surface area contributed by atoms with Gasteiger partial charge in [-0.1, -0.05) is 59.6 Å². The van der Waals surface area contributed by atoms with E-state index in [0.717, 1.165) is 11.4 Å². The van der Waals surface area contributed by atoms with Crippen LogP contribution < -0.4 is 9.64 Å². The molecule has 138 valence electrons. The molecular weight excluding hydrogens is 381 g/mol. The summed E-state index contributed by atoms with van der Waals surface area (Å²) in [6, 6.07) is 24.3. The maximum absolute atomic E-state index is 12.9. The van der Waals surface area contributed by atoms with Crippen molar-refractivity contribution in [1.29, 1.82) is 0 Å². The molecular formula is C22H19Cl2NO2. The van der Waals surface area contributed by atoms with Crippen molar-refractivity contribution in [1.82, 2.24) is 0 Å². The molecule has 0 saturated carbocycles. The van der Waals surface area contributed by atoms with E-state index in [2.05, 4.69) is 0 Å². The van der Waals surface area contributed by atoms with E-state index in [-0.39, 0.29) is 5.91 Å². The van der Waals surface area contributed by atoms with E-state index in [0.29, 0.717) is 35.2 Å². The SMILES string of the molecule is O=C(CCCOc1ccc(Cl)cc1Cl)N(c1ccccc1)c1ccccc1. The Labute approximate surface area is 169 Å². The summed E-state index contributed by atoms with van der Waals surface area (Å²) in [7, 11) is 0. The highest BCUT2D eigenvalue weighted by Gasteiger charge is 2.17. The lowest BCUT2D eigenvalue weighted by Gasteiger charge is -2.23. The van der Waals surface area contributed by atoms with Crippen molar-refractivity contribution < 1.29 is 9.53 Å². The summed E-state index contributed by atoms with van der Waals surface area (Å²) in [5.41, 5.74) is 1.69. The Morgan fingerprint density at radius 3 is 2.00 bits per heavy atom. The van der Waals surface area contributed by atoms with Gasteiger partial charge < -0.3 is 4.74 Å². The van der Waals surface area contributed by atoms with Gasteiger partial charge in [-0.2, -0.15) is 0 Å². The number of hydrogen-bond donors (Lipinski definition) is 0. The van der Waals surface area contributed by atoms with E-state index in [1.807, 2.05) is 60.7 Å². The zero-order chi connectivity index (χ0) is 19.1. The first-order valence-corrected chi connectivity index (χ1v) is 9.41. The van der Waals surface area contributed by atoms with Crippen LogP contribution in [0, 0.1) is 0 Å². The normalized spacial score (nSPS) is 10.4. The molecule has 0 radical (unpaired) electrons. The second-order valence-corrected chi connectivity index (χ2v) is 6.77. The third kappa shape index (κ3) is 5.25. The lowest BCUT2D eigenvalue weighted by Crippen LogP contribution is -2.26. The fraction of sp³-hybridized carbons (Fsp3) is 0.136. The Bertz CT molecular complexity index is 846. The summed E-state index contributed by atoms with van der Waals surface area (Å²) in [5.74, 6) is 0.578. The first-order valence-electron chi connectivity index (χ1n) is 8.66. The number of rotatable bonds is 7. The van der Waals surface area contributed by atoms with Gasteiger partial charge in [0.15, 0.2) is 0 Å². The number of nitrogens with zero attached hydrogens (tertiary/aromatic N) is 1. The Balaban J connectivity index is 1.63. The van der Waals surface area contributed by atoms with Crippen molar-refractivity contribution in [2.75, 3.05) is 11.5 Å². The minimum absolute atomic E-state index is 0.0122. The molecule has 0 aromatic heterocycles. The summed E-state index contributed by atoms with van der Waals surface area (Å²) in [6.07, 6.45) is 0.933. The second kappa shape index (κ2) is 9.45. The van der Waals surface area contributed by atoms with Crippen LogP contribution in [0.3, 0.4) is 0 Å². The van der Waals surface area contributed by atoms with Crippen LogP contribution in [-0.4, -0.2) is 12.5 Å². The van der Waals surface area contributed by atoms with Crippen LogP contribution in [-0.2, 0) is 4.79 Å². The van der Waals surface area contributed by atoms with Gasteiger partial charge in [0, 0.05) is 22.8 Å². The van der Waals surface area contributed by atoms with Crippen LogP contribution in [0.4, 0.5) is 11.4 Å². The largest absolute Gasteiger partial charge is 0.492 e. The second-order valence-electron chi connectivity index (χ2n) is 5.93. The van der Waals surface area contributed by atoms with Gasteiger partial charge in [-0.05, 0) is 48.9 Å². The molecule has 0 saturated heterocycles. The molecule has 3 nitrogen and oxygen atoms in total. The highest BCUT2D eigenvalue weighted by Crippen LogP contribution is 2.28. The number of para-hydroxylation sites is 2. The van der Waals surface area contributed by atoms with Gasteiger partial charge in [0.25, 0.3) is 0 Å². The molecule has 0 N–H and O–H groups in total. The molecule has 0 atom stereocenters. The number of carbonyl (C=O) groups excluding carboxylic acids is 1. The predicted molar refractivity (Wildman–Crippen MR) is 111 cm³/mol. The molecule has 0 aliphatic rings. The van der Waals surface area contributed by atoms with Crippen LogP contribution >= 0.6 is 23.2 Å². The van der Waals surface area contributed by atoms with E-state index in [1.165, 1.54) is 0 Å². The molecule has 3 rings (SSSR count). The number of carbonyl (C=O) groups is 1. The zero-order valence-electron chi connectivity index (χ0n) is 14.6. The van der Waals surface area contributed by atoms with Crippen LogP contribution in [0.15, 0.2) is 78.9 Å². The third-order valence-electron chi connectivity index (χ3n) is 3.96. The molecule has 0 aliphatic heterocycles. The fourth-order valence-corrected chi connectivity index (χ4v) is 3.16. The maximum atomic E-state index is 12.9. The standard InChI is InChI=1S/C22H19Cl2NO2/c23-17-13-14-21(20(24)16-17)27-15-7-12-22(26)25(18-8-3-1-4-9-18)19-10-5-2-6-11-19/h1-6,8-11,13-14,16H,7,12,15H2. The number of benzene rings is 3. The van der Waals surface area contributed by atoms with Gasteiger partial charge >= 0.3 is 0 Å². The number of hydrogen-bond acceptors (Lipinski definition) is 2. The minimum Gasteiger partial charge on any atom is -0.492 e. The van der Waals surface area contributed by atoms with Gasteiger partial charge in [0.2, 0.25) is 5.91 Å². The molecule has 3 aromatic rings. The first kappa shape index (κ1) is 19.3. The van der Waals surface area contributed by atoms with Gasteiger partial charge in [0.05, 0.1) is 11.6 Å². The van der Waals surface area contributed by atoms with Gasteiger partial charge in [-0.15, -0.1) is 0 Å². The summed E-state index contributed by atoms with van der Waals surface area (Å²) in [4.78, 5) is 14.6. The summed E-state index contributed by atoms with van der Waals surface area (Å²) < 4.78 is 5.67. The fourth-order valence-electron chi connectivity index (χ4n) is 2.70. The van der Waals surface area contributed by atoms with Gasteiger partial charge in [0.1, 0.15) is 5.75 Å². The lowest BCUT2D eigenvalue weighted by molar-refractivity contribution is -0.118. The van der Waals surface area contributed by atoms with Crippen molar-refractivity contribution in [3.63, 3.8) is 0 Å². The van der Waals surface area contributed by atoms with Crippen LogP contribution in [0.25, 0.3) is 0 Å². The number of anilines is 2. The molecule has 0 unspecified atom stereocenters. The summed E-state index contributed by atoms with van der Waals surface area (Å²) >= 11 is 12.0. The van der Waals surface area contributed by atoms with Gasteiger partial charge in [-0.3, -0.25) is 9.69 Å². The summed E-state index contributed by atoms with van der Waals surface area (Å²) in [5, 5.41) is 1.02. The number of ether oxygens (including phenoxy) is 1. The predicted octanol–water partition coefficient (Wildman–Crippen LogP) is 6.52. The molecule has 5 heteroatoms. The maximum Gasteiger partial charge on any atom is 0.231 e. The zero-order valence-corrected chi connectivity index (χ0v) is 16.2. The molecule has 0 bridgehead atoms. The van der Waals surface area contributed by atoms with Crippen molar-refractivity contribution in [3.05, 3.63) is 88.9 Å². The molecule has 0 heterocycles. The van der Waals surface area contributed by atoms with Crippen LogP contribution in [0.5, 0.6) is 5.75 Å². The Kier molecular flexibility index (Phi) is 6.74. The van der Waals surface area contributed by atoms with Gasteiger partial charge in [-0.25, -0.2) is 0 Å². The highest BCUT2D eigenvalue weighted by molar-refractivity contribution is 6.35. The van der Waals surface area contributed by atoms with E-state index >= 15 is 0 Å². The topological polar surface area (TPSA) is 29.5 Å². The van der Waals surface area contributed by atoms with E-state index in [4.69, 9.17) is 27.9 Å². The molecule has 3 aromatic carbocycles. The first-order chi connectivity index (χ1) is 13.1. The molecule has 27 heavy (non-hydrogen) atoms. The third-order valence-corrected chi connectivity index (χ3v) is 4.50. The van der Waals surface area contributed by atoms with Crippen molar-refractivity contribution in [2.45, 2.75) is 12.8 Å². The number of amides is 1. The van der Waals surface area contributed by atoms with Crippen molar-refractivity contribution >= 4 is 40.5 Å². The van der Waals surface area contributed by atoms with Crippen molar-refractivity contribution in [3.8, 4) is 5.75 Å². The number of halogens is 2. The average molecular weight is 400 g/mol. The van der Waals surface area contributed by atoms with E-state index in [9.17, 15) is 4.79 Å². The summed E-state index contributed by atoms with van der Waals surface area (Å²) in [6.45, 7) is 0.393. The smallest absolute Gasteiger partial charge is 0.231 e. The molecule has 0 fully saturated rings. The molecule has 0 aliphatic carbocycles. The lowest BCUT2D eigenvalue weighted by atomic mass is 10.2. The Hall–Kier alpha value is -2.49. The molecule has 1 amide bonds. The average Bonchev–Trinajstić information content (AvgIpc) is 2.68. The quantitative estimate of drug-likeness (QED) is 0.423. The van der Waals surface area contributed by atoms with E-state index < -0.39 is 0 Å². The van der Waals surface area contributed by atoms with Crippen LogP contribution in [0.1, 0.15) is 12.8 Å². The van der Waals surface area contributed by atoms with E-state index in [1.54, 1.807) is 23.1 Å². The van der Waals surface area contributed by atoms with Crippen molar-refractivity contribution in [2.24, 2.45) is 0 Å².